The van der Waals surface area contributed by atoms with E-state index in [-0.39, 0.29) is 16.9 Å². The predicted octanol–water partition coefficient (Wildman–Crippen LogP) is -0.895. The number of nitrogens with zero attached hydrogens (tertiary/aromatic N) is 2. The SMILES string of the molecule is O=C(c1c[nH]ccc1=O)N1CC(N2CCNCC2)C1. The molecule has 3 rings (SSSR count). The summed E-state index contributed by atoms with van der Waals surface area (Å²) < 4.78 is 0. The van der Waals surface area contributed by atoms with Gasteiger partial charge in [0.05, 0.1) is 0 Å². The van der Waals surface area contributed by atoms with E-state index in [4.69, 9.17) is 0 Å². The van der Waals surface area contributed by atoms with Crippen LogP contribution in [0.5, 0.6) is 0 Å². The summed E-state index contributed by atoms with van der Waals surface area (Å²) in [6.45, 7) is 5.57. The molecule has 2 fully saturated rings. The monoisotopic (exact) mass is 262 g/mol. The number of likely N-dealkylation sites (tertiary alicyclic amines) is 1. The lowest BCUT2D eigenvalue weighted by molar-refractivity contribution is 0.0226. The van der Waals surface area contributed by atoms with Gasteiger partial charge in [0.25, 0.3) is 5.91 Å². The molecule has 0 saturated carbocycles. The Balaban J connectivity index is 1.60. The van der Waals surface area contributed by atoms with Crippen molar-refractivity contribution in [2.24, 2.45) is 0 Å². The van der Waals surface area contributed by atoms with E-state index in [1.165, 1.54) is 12.3 Å². The predicted molar refractivity (Wildman–Crippen MR) is 71.2 cm³/mol. The van der Waals surface area contributed by atoms with Gasteiger partial charge in [-0.3, -0.25) is 14.5 Å². The second kappa shape index (κ2) is 5.14. The Morgan fingerprint density at radius 2 is 2.00 bits per heavy atom. The number of hydrogen-bond acceptors (Lipinski definition) is 4. The van der Waals surface area contributed by atoms with Crippen molar-refractivity contribution in [1.82, 2.24) is 20.1 Å². The van der Waals surface area contributed by atoms with E-state index in [0.29, 0.717) is 6.04 Å². The number of H-pyrrole nitrogens is 1. The van der Waals surface area contributed by atoms with Crippen LogP contribution < -0.4 is 10.7 Å². The smallest absolute Gasteiger partial charge is 0.259 e. The van der Waals surface area contributed by atoms with Crippen LogP contribution in [-0.4, -0.2) is 66.0 Å². The maximum absolute atomic E-state index is 12.2. The molecule has 6 heteroatoms. The Morgan fingerprint density at radius 1 is 1.26 bits per heavy atom. The molecule has 0 aromatic carbocycles. The first-order valence-corrected chi connectivity index (χ1v) is 6.67. The molecule has 1 aromatic heterocycles. The third-order valence-corrected chi connectivity index (χ3v) is 3.87. The minimum atomic E-state index is -0.214. The van der Waals surface area contributed by atoms with E-state index >= 15 is 0 Å². The molecule has 1 aromatic rings. The van der Waals surface area contributed by atoms with Crippen molar-refractivity contribution in [3.63, 3.8) is 0 Å². The average Bonchev–Trinajstić information content (AvgIpc) is 2.38. The number of piperazine rings is 1. The molecule has 0 aliphatic carbocycles. The number of aromatic amines is 1. The number of carbonyl (C=O) groups excluding carboxylic acids is 1. The number of rotatable bonds is 2. The lowest BCUT2D eigenvalue weighted by Gasteiger charge is -2.46. The normalized spacial score (nSPS) is 21.2. The molecule has 3 heterocycles. The van der Waals surface area contributed by atoms with Gasteiger partial charge in [0.15, 0.2) is 5.43 Å². The average molecular weight is 262 g/mol. The summed E-state index contributed by atoms with van der Waals surface area (Å²) in [5, 5.41) is 3.32. The molecule has 0 spiro atoms. The third kappa shape index (κ3) is 2.41. The highest BCUT2D eigenvalue weighted by Gasteiger charge is 2.35. The molecule has 2 aliphatic rings. The molecule has 1 amide bonds. The van der Waals surface area contributed by atoms with E-state index in [0.717, 1.165) is 39.3 Å². The standard InChI is InChI=1S/C13H18N4O2/c18-12-1-2-15-7-11(12)13(19)17-8-10(9-17)16-5-3-14-4-6-16/h1-2,7,10,14H,3-6,8-9H2,(H,15,18). The van der Waals surface area contributed by atoms with E-state index in [9.17, 15) is 9.59 Å². The molecular formula is C13H18N4O2. The van der Waals surface area contributed by atoms with Crippen molar-refractivity contribution in [2.45, 2.75) is 6.04 Å². The second-order valence-corrected chi connectivity index (χ2v) is 5.07. The Labute approximate surface area is 111 Å². The third-order valence-electron chi connectivity index (χ3n) is 3.87. The van der Waals surface area contributed by atoms with Crippen molar-refractivity contribution in [2.75, 3.05) is 39.3 Å². The molecule has 0 unspecified atom stereocenters. The van der Waals surface area contributed by atoms with Gasteiger partial charge in [-0.1, -0.05) is 0 Å². The van der Waals surface area contributed by atoms with Gasteiger partial charge in [-0.25, -0.2) is 0 Å². The molecule has 102 valence electrons. The van der Waals surface area contributed by atoms with Crippen LogP contribution in [0.2, 0.25) is 0 Å². The highest BCUT2D eigenvalue weighted by Crippen LogP contribution is 2.17. The molecule has 0 bridgehead atoms. The Bertz CT molecular complexity index is 515. The molecule has 0 radical (unpaired) electrons. The fourth-order valence-electron chi connectivity index (χ4n) is 2.65. The van der Waals surface area contributed by atoms with Gasteiger partial charge in [0.2, 0.25) is 0 Å². The number of amides is 1. The summed E-state index contributed by atoms with van der Waals surface area (Å²) in [6.07, 6.45) is 3.03. The second-order valence-electron chi connectivity index (χ2n) is 5.07. The first kappa shape index (κ1) is 12.4. The van der Waals surface area contributed by atoms with Crippen LogP contribution in [0.15, 0.2) is 23.3 Å². The van der Waals surface area contributed by atoms with Crippen molar-refractivity contribution >= 4 is 5.91 Å². The van der Waals surface area contributed by atoms with Gasteiger partial charge in [0.1, 0.15) is 5.56 Å². The number of nitrogens with one attached hydrogen (secondary N) is 2. The number of carbonyl (C=O) groups is 1. The number of pyridine rings is 1. The van der Waals surface area contributed by atoms with Crippen molar-refractivity contribution < 1.29 is 4.79 Å². The molecular weight excluding hydrogens is 244 g/mol. The Morgan fingerprint density at radius 3 is 2.68 bits per heavy atom. The van der Waals surface area contributed by atoms with E-state index < -0.39 is 0 Å². The van der Waals surface area contributed by atoms with E-state index in [1.807, 2.05) is 0 Å². The van der Waals surface area contributed by atoms with Crippen LogP contribution >= 0.6 is 0 Å². The molecule has 2 saturated heterocycles. The quantitative estimate of drug-likeness (QED) is 0.725. The first-order valence-electron chi connectivity index (χ1n) is 6.67. The largest absolute Gasteiger partial charge is 0.367 e. The van der Waals surface area contributed by atoms with Crippen molar-refractivity contribution in [3.8, 4) is 0 Å². The summed E-state index contributed by atoms with van der Waals surface area (Å²) in [5.74, 6) is -0.159. The zero-order chi connectivity index (χ0) is 13.2. The van der Waals surface area contributed by atoms with Crippen LogP contribution in [0.1, 0.15) is 10.4 Å². The molecule has 2 aliphatic heterocycles. The van der Waals surface area contributed by atoms with Crippen LogP contribution in [0.3, 0.4) is 0 Å². The molecule has 0 atom stereocenters. The first-order chi connectivity index (χ1) is 9.25. The van der Waals surface area contributed by atoms with Crippen molar-refractivity contribution in [1.29, 1.82) is 0 Å². The highest BCUT2D eigenvalue weighted by atomic mass is 16.2. The molecule has 2 N–H and O–H groups in total. The van der Waals surface area contributed by atoms with Gasteiger partial charge >= 0.3 is 0 Å². The van der Waals surface area contributed by atoms with Gasteiger partial charge < -0.3 is 15.2 Å². The van der Waals surface area contributed by atoms with Crippen LogP contribution in [0, 0.1) is 0 Å². The summed E-state index contributed by atoms with van der Waals surface area (Å²) in [6, 6.07) is 1.84. The fraction of sp³-hybridized carbons (Fsp3) is 0.538. The van der Waals surface area contributed by atoms with Gasteiger partial charge in [0, 0.05) is 63.8 Å². The summed E-state index contributed by atoms with van der Waals surface area (Å²) >= 11 is 0. The minimum absolute atomic E-state index is 0.159. The lowest BCUT2D eigenvalue weighted by Crippen LogP contribution is -2.64. The number of hydrogen-bond donors (Lipinski definition) is 2. The van der Waals surface area contributed by atoms with E-state index in [2.05, 4.69) is 15.2 Å². The Kier molecular flexibility index (Phi) is 3.35. The maximum atomic E-state index is 12.2. The lowest BCUT2D eigenvalue weighted by atomic mass is 10.0. The van der Waals surface area contributed by atoms with E-state index in [1.54, 1.807) is 11.1 Å². The Hall–Kier alpha value is -1.66. The van der Waals surface area contributed by atoms with Gasteiger partial charge in [-0.2, -0.15) is 0 Å². The maximum Gasteiger partial charge on any atom is 0.259 e. The molecule has 19 heavy (non-hydrogen) atoms. The summed E-state index contributed by atoms with van der Waals surface area (Å²) in [7, 11) is 0. The van der Waals surface area contributed by atoms with Gasteiger partial charge in [-0.15, -0.1) is 0 Å². The van der Waals surface area contributed by atoms with Crippen LogP contribution in [0.25, 0.3) is 0 Å². The van der Waals surface area contributed by atoms with Crippen molar-refractivity contribution in [3.05, 3.63) is 34.2 Å². The molecule has 6 nitrogen and oxygen atoms in total. The summed E-state index contributed by atoms with van der Waals surface area (Å²) in [5.41, 5.74) is 0.0237. The highest BCUT2D eigenvalue weighted by molar-refractivity contribution is 5.94. The minimum Gasteiger partial charge on any atom is -0.367 e. The van der Waals surface area contributed by atoms with Gasteiger partial charge in [-0.05, 0) is 0 Å². The van der Waals surface area contributed by atoms with Crippen LogP contribution in [-0.2, 0) is 0 Å². The summed E-state index contributed by atoms with van der Waals surface area (Å²) in [4.78, 5) is 30.7. The number of aromatic nitrogens is 1. The zero-order valence-corrected chi connectivity index (χ0v) is 10.8. The fourth-order valence-corrected chi connectivity index (χ4v) is 2.65. The topological polar surface area (TPSA) is 68.4 Å². The van der Waals surface area contributed by atoms with Crippen LogP contribution in [0.4, 0.5) is 0 Å². The zero-order valence-electron chi connectivity index (χ0n) is 10.8.